The number of hydrogen-bond donors (Lipinski definition) is 0. The molecule has 0 aliphatic carbocycles. The Morgan fingerprint density at radius 2 is 2.15 bits per heavy atom. The number of allylic oxidation sites excluding steroid dienone is 1. The van der Waals surface area contributed by atoms with Crippen molar-refractivity contribution in [2.24, 2.45) is 0 Å². The summed E-state index contributed by atoms with van der Waals surface area (Å²) in [4.78, 5) is 4.57. The average Bonchev–Trinajstić information content (AvgIpc) is 3.32. The highest BCUT2D eigenvalue weighted by Gasteiger charge is 2.17. The molecule has 0 aliphatic rings. The molecule has 27 heavy (non-hydrogen) atoms. The Hall–Kier alpha value is -2.22. The summed E-state index contributed by atoms with van der Waals surface area (Å²) in [6.07, 6.45) is 7.16. The largest absolute Gasteiger partial charge is 0.469 e. The molecule has 4 rings (SSSR count). The minimum Gasteiger partial charge on any atom is -0.469 e. The van der Waals surface area contributed by atoms with E-state index in [2.05, 4.69) is 21.8 Å². The molecule has 4 heterocycles. The van der Waals surface area contributed by atoms with Gasteiger partial charge in [0.25, 0.3) is 0 Å². The molecule has 4 aromatic heterocycles. The van der Waals surface area contributed by atoms with Crippen LogP contribution in [0.3, 0.4) is 0 Å². The van der Waals surface area contributed by atoms with E-state index in [0.29, 0.717) is 28.0 Å². The van der Waals surface area contributed by atoms with Crippen molar-refractivity contribution < 1.29 is 4.42 Å². The van der Waals surface area contributed by atoms with Crippen LogP contribution in [0.5, 0.6) is 0 Å². The number of nitrogens with zero attached hydrogens (tertiary/aromatic N) is 5. The lowest BCUT2D eigenvalue weighted by Gasteiger charge is -2.06. The van der Waals surface area contributed by atoms with Crippen LogP contribution in [0.15, 0.2) is 53.0 Å². The van der Waals surface area contributed by atoms with Crippen molar-refractivity contribution in [3.63, 3.8) is 0 Å². The van der Waals surface area contributed by atoms with Crippen molar-refractivity contribution in [1.29, 1.82) is 0 Å². The van der Waals surface area contributed by atoms with E-state index in [1.807, 2.05) is 34.2 Å². The first-order valence-corrected chi connectivity index (χ1v) is 9.85. The molecule has 0 unspecified atom stereocenters. The molecule has 138 valence electrons. The van der Waals surface area contributed by atoms with Crippen LogP contribution in [0.1, 0.15) is 11.5 Å². The molecule has 0 amide bonds. The lowest BCUT2D eigenvalue weighted by Crippen LogP contribution is -2.00. The second-order valence-electron chi connectivity index (χ2n) is 5.85. The van der Waals surface area contributed by atoms with E-state index in [0.717, 1.165) is 28.0 Å². The first-order chi connectivity index (χ1) is 13.1. The lowest BCUT2D eigenvalue weighted by molar-refractivity contribution is 0.534. The third-order valence-electron chi connectivity index (χ3n) is 4.00. The number of aryl methyl sites for hydroxylation is 1. The van der Waals surface area contributed by atoms with Crippen molar-refractivity contribution in [2.75, 3.05) is 0 Å². The molecular weight excluding hydrogens is 405 g/mol. The molecule has 0 aromatic carbocycles. The van der Waals surface area contributed by atoms with Crippen LogP contribution in [0.25, 0.3) is 17.0 Å². The minimum atomic E-state index is 0.520. The third kappa shape index (κ3) is 3.50. The van der Waals surface area contributed by atoms with Crippen LogP contribution in [0, 0.1) is 6.92 Å². The maximum Gasteiger partial charge on any atom is 0.192 e. The van der Waals surface area contributed by atoms with Crippen molar-refractivity contribution in [2.45, 2.75) is 24.4 Å². The fraction of sp³-hybridized carbons (Fsp3) is 0.167. The van der Waals surface area contributed by atoms with Crippen molar-refractivity contribution >= 4 is 40.6 Å². The van der Waals surface area contributed by atoms with Gasteiger partial charge in [0, 0.05) is 24.7 Å². The number of fused-ring (bicyclic) bond motifs is 1. The number of aromatic nitrogens is 5. The summed E-state index contributed by atoms with van der Waals surface area (Å²) < 4.78 is 9.23. The smallest absolute Gasteiger partial charge is 0.192 e. The Bertz CT molecular complexity index is 1130. The summed E-state index contributed by atoms with van der Waals surface area (Å²) in [5.74, 6) is 2.18. The third-order valence-corrected chi connectivity index (χ3v) is 5.49. The number of rotatable bonds is 6. The predicted molar refractivity (Wildman–Crippen MR) is 107 cm³/mol. The van der Waals surface area contributed by atoms with E-state index in [9.17, 15) is 0 Å². The maximum atomic E-state index is 6.21. The normalized spacial score (nSPS) is 11.4. The van der Waals surface area contributed by atoms with Gasteiger partial charge in [0.05, 0.1) is 27.6 Å². The highest BCUT2D eigenvalue weighted by Crippen LogP contribution is 2.29. The highest BCUT2D eigenvalue weighted by molar-refractivity contribution is 7.98. The van der Waals surface area contributed by atoms with Gasteiger partial charge >= 0.3 is 0 Å². The van der Waals surface area contributed by atoms with Gasteiger partial charge in [-0.25, -0.2) is 4.98 Å². The second-order valence-corrected chi connectivity index (χ2v) is 7.64. The minimum absolute atomic E-state index is 0.520. The molecule has 0 bridgehead atoms. The van der Waals surface area contributed by atoms with Gasteiger partial charge in [0.15, 0.2) is 16.6 Å². The summed E-state index contributed by atoms with van der Waals surface area (Å²) in [6.45, 7) is 6.34. The highest BCUT2D eigenvalue weighted by atomic mass is 35.5. The van der Waals surface area contributed by atoms with E-state index >= 15 is 0 Å². The van der Waals surface area contributed by atoms with Gasteiger partial charge in [-0.3, -0.25) is 4.57 Å². The van der Waals surface area contributed by atoms with Crippen molar-refractivity contribution in [3.05, 3.63) is 64.9 Å². The average molecular weight is 420 g/mol. The number of thioether (sulfide) groups is 1. The van der Waals surface area contributed by atoms with Crippen LogP contribution < -0.4 is 0 Å². The SMILES string of the molecule is C=CCn1c(SCc2cn3cc(Cl)cc(Cl)c3n2)nnc1-c1ccoc1C. The van der Waals surface area contributed by atoms with Crippen LogP contribution in [-0.4, -0.2) is 24.1 Å². The van der Waals surface area contributed by atoms with E-state index < -0.39 is 0 Å². The summed E-state index contributed by atoms with van der Waals surface area (Å²) in [7, 11) is 0. The molecule has 4 aromatic rings. The van der Waals surface area contributed by atoms with Gasteiger partial charge in [-0.2, -0.15) is 0 Å². The topological polar surface area (TPSA) is 61.2 Å². The van der Waals surface area contributed by atoms with E-state index in [-0.39, 0.29) is 0 Å². The zero-order chi connectivity index (χ0) is 19.0. The number of pyridine rings is 1. The fourth-order valence-corrected chi connectivity index (χ4v) is 4.15. The number of furan rings is 1. The van der Waals surface area contributed by atoms with Crippen LogP contribution in [0.2, 0.25) is 10.0 Å². The number of halogens is 2. The predicted octanol–water partition coefficient (Wildman–Crippen LogP) is 5.28. The molecule has 0 spiro atoms. The lowest BCUT2D eigenvalue weighted by atomic mass is 10.2. The van der Waals surface area contributed by atoms with Crippen molar-refractivity contribution in [1.82, 2.24) is 24.1 Å². The molecule has 9 heteroatoms. The molecule has 0 fully saturated rings. The molecule has 0 aliphatic heterocycles. The molecule has 0 saturated carbocycles. The standard InChI is InChI=1S/C18H15Cl2N5OS/c1-3-5-25-16(14-4-6-26-11(14)2)22-23-18(25)27-10-13-9-24-8-12(19)7-15(20)17(24)21-13/h3-4,6-9H,1,5,10H2,2H3. The Morgan fingerprint density at radius 1 is 1.30 bits per heavy atom. The molecule has 0 saturated heterocycles. The summed E-state index contributed by atoms with van der Waals surface area (Å²) in [5.41, 5.74) is 2.47. The van der Waals surface area contributed by atoms with E-state index in [1.165, 1.54) is 0 Å². The van der Waals surface area contributed by atoms with Crippen LogP contribution in [0.4, 0.5) is 0 Å². The molecule has 0 N–H and O–H groups in total. The zero-order valence-corrected chi connectivity index (χ0v) is 16.7. The van der Waals surface area contributed by atoms with Crippen LogP contribution in [-0.2, 0) is 12.3 Å². The van der Waals surface area contributed by atoms with Gasteiger partial charge in [-0.15, -0.1) is 16.8 Å². The van der Waals surface area contributed by atoms with Crippen LogP contribution >= 0.6 is 35.0 Å². The first-order valence-electron chi connectivity index (χ1n) is 8.11. The van der Waals surface area contributed by atoms with Gasteiger partial charge in [0.2, 0.25) is 0 Å². The van der Waals surface area contributed by atoms with Gasteiger partial charge < -0.3 is 8.82 Å². The first kappa shape index (κ1) is 18.2. The number of hydrogen-bond acceptors (Lipinski definition) is 5. The molecule has 0 atom stereocenters. The Balaban J connectivity index is 1.61. The van der Waals surface area contributed by atoms with Gasteiger partial charge in [0.1, 0.15) is 5.76 Å². The van der Waals surface area contributed by atoms with Crippen molar-refractivity contribution in [3.8, 4) is 11.4 Å². The summed E-state index contributed by atoms with van der Waals surface area (Å²) >= 11 is 13.8. The quantitative estimate of drug-likeness (QED) is 0.314. The Morgan fingerprint density at radius 3 is 2.89 bits per heavy atom. The summed E-state index contributed by atoms with van der Waals surface area (Å²) in [5, 5.41) is 10.5. The Labute approximate surface area is 169 Å². The fourth-order valence-electron chi connectivity index (χ4n) is 2.79. The Kier molecular flexibility index (Phi) is 4.99. The zero-order valence-electron chi connectivity index (χ0n) is 14.4. The van der Waals surface area contributed by atoms with Gasteiger partial charge in [-0.1, -0.05) is 41.0 Å². The molecule has 0 radical (unpaired) electrons. The molecular formula is C18H15Cl2N5OS. The van der Waals surface area contributed by atoms with E-state index in [4.69, 9.17) is 27.6 Å². The second kappa shape index (κ2) is 7.42. The van der Waals surface area contributed by atoms with E-state index in [1.54, 1.807) is 30.3 Å². The van der Waals surface area contributed by atoms with Gasteiger partial charge in [-0.05, 0) is 19.1 Å². The number of imidazole rings is 1. The monoisotopic (exact) mass is 419 g/mol. The maximum absolute atomic E-state index is 6.21. The summed E-state index contributed by atoms with van der Waals surface area (Å²) in [6, 6.07) is 3.57. The molecule has 6 nitrogen and oxygen atoms in total.